The molecule has 0 bridgehead atoms. The molecule has 0 spiro atoms. The number of nitrogens with two attached hydrogens (primary N) is 2. The lowest BCUT2D eigenvalue weighted by Gasteiger charge is -2.13. The molecule has 0 aliphatic heterocycles. The van der Waals surface area contributed by atoms with Gasteiger partial charge in [-0.2, -0.15) is 18.0 Å². The average molecular weight is 280 g/mol. The summed E-state index contributed by atoms with van der Waals surface area (Å²) in [5.74, 6) is -0.665. The standard InChI is InChI=1S/C9H11F3N4OS/c1-18-16-15-8(17)4-2-7(14)5(3-6(4)13)9(10,11)12/h2-3,16H,13-14H2,1H3,(H,15,17). The van der Waals surface area contributed by atoms with Crippen LogP contribution in [-0.4, -0.2) is 12.2 Å². The number of hydrogen-bond acceptors (Lipinski definition) is 5. The van der Waals surface area contributed by atoms with Crippen molar-refractivity contribution in [1.29, 1.82) is 0 Å². The molecule has 0 aliphatic carbocycles. The van der Waals surface area contributed by atoms with Gasteiger partial charge in [0.05, 0.1) is 11.1 Å². The third kappa shape index (κ3) is 3.20. The molecule has 1 aromatic carbocycles. The highest BCUT2D eigenvalue weighted by Crippen LogP contribution is 2.35. The van der Waals surface area contributed by atoms with Crippen molar-refractivity contribution in [2.24, 2.45) is 0 Å². The predicted octanol–water partition coefficient (Wildman–Crippen LogP) is 1.38. The SMILES string of the molecule is CSNNC(=O)c1cc(N)c(C(F)(F)F)cc1N. The Bertz CT molecular complexity index is 464. The molecule has 1 rings (SSSR count). The molecule has 0 unspecified atom stereocenters. The number of amides is 1. The maximum atomic E-state index is 12.5. The smallest absolute Gasteiger partial charge is 0.398 e. The molecule has 0 saturated carbocycles. The lowest BCUT2D eigenvalue weighted by molar-refractivity contribution is -0.136. The van der Waals surface area contributed by atoms with Crippen molar-refractivity contribution in [3.05, 3.63) is 23.3 Å². The van der Waals surface area contributed by atoms with Crippen LogP contribution < -0.4 is 21.7 Å². The lowest BCUT2D eigenvalue weighted by atomic mass is 10.1. The van der Waals surface area contributed by atoms with Gasteiger partial charge in [0.1, 0.15) is 0 Å². The first-order chi connectivity index (χ1) is 8.27. The van der Waals surface area contributed by atoms with E-state index in [9.17, 15) is 18.0 Å². The van der Waals surface area contributed by atoms with Gasteiger partial charge in [0.25, 0.3) is 5.91 Å². The van der Waals surface area contributed by atoms with Crippen molar-refractivity contribution in [2.75, 3.05) is 17.7 Å². The Morgan fingerprint density at radius 2 is 1.89 bits per heavy atom. The Morgan fingerprint density at radius 3 is 2.39 bits per heavy atom. The number of hydrogen-bond donors (Lipinski definition) is 4. The summed E-state index contributed by atoms with van der Waals surface area (Å²) in [5, 5.41) is 0. The fourth-order valence-electron chi connectivity index (χ4n) is 1.24. The topological polar surface area (TPSA) is 93.2 Å². The minimum atomic E-state index is -4.61. The van der Waals surface area contributed by atoms with Gasteiger partial charge in [-0.05, 0) is 18.4 Å². The first-order valence-electron chi connectivity index (χ1n) is 4.62. The summed E-state index contributed by atoms with van der Waals surface area (Å²) in [6.07, 6.45) is -2.95. The van der Waals surface area contributed by atoms with E-state index in [1.54, 1.807) is 6.26 Å². The molecule has 6 N–H and O–H groups in total. The normalized spacial score (nSPS) is 11.3. The number of nitrogen functional groups attached to an aromatic ring is 2. The van der Waals surface area contributed by atoms with E-state index in [0.29, 0.717) is 6.07 Å². The van der Waals surface area contributed by atoms with E-state index in [4.69, 9.17) is 11.5 Å². The minimum absolute atomic E-state index is 0.123. The third-order valence-corrected chi connectivity index (χ3v) is 2.34. The minimum Gasteiger partial charge on any atom is -0.398 e. The number of rotatable bonds is 3. The summed E-state index contributed by atoms with van der Waals surface area (Å²) < 4.78 is 37.5. The molecule has 100 valence electrons. The molecule has 0 fully saturated rings. The molecule has 0 atom stereocenters. The summed E-state index contributed by atoms with van der Waals surface area (Å²) in [6, 6.07) is 1.54. The predicted molar refractivity (Wildman–Crippen MR) is 64.4 cm³/mol. The molecule has 18 heavy (non-hydrogen) atoms. The highest BCUT2D eigenvalue weighted by Gasteiger charge is 2.34. The molecule has 0 radical (unpaired) electrons. The van der Waals surface area contributed by atoms with Crippen LogP contribution >= 0.6 is 11.9 Å². The molecule has 0 aliphatic rings. The number of benzene rings is 1. The van der Waals surface area contributed by atoms with Crippen LogP contribution in [-0.2, 0) is 6.18 Å². The number of carbonyl (C=O) groups excluding carboxylic acids is 1. The second kappa shape index (κ2) is 5.36. The summed E-state index contributed by atoms with van der Waals surface area (Å²) in [7, 11) is 0. The first kappa shape index (κ1) is 14.5. The Hall–Kier alpha value is -1.61. The fourth-order valence-corrected chi connectivity index (χ4v) is 1.43. The number of anilines is 2. The van der Waals surface area contributed by atoms with Crippen LogP contribution in [0.2, 0.25) is 0 Å². The van der Waals surface area contributed by atoms with Crippen molar-refractivity contribution < 1.29 is 18.0 Å². The van der Waals surface area contributed by atoms with E-state index < -0.39 is 23.3 Å². The van der Waals surface area contributed by atoms with E-state index in [-0.39, 0.29) is 11.3 Å². The summed E-state index contributed by atoms with van der Waals surface area (Å²) in [6.45, 7) is 0. The van der Waals surface area contributed by atoms with Crippen LogP contribution in [0.25, 0.3) is 0 Å². The molecule has 0 saturated heterocycles. The Balaban J connectivity index is 3.11. The van der Waals surface area contributed by atoms with Crippen molar-refractivity contribution in [2.45, 2.75) is 6.18 Å². The number of alkyl halides is 3. The van der Waals surface area contributed by atoms with Crippen molar-refractivity contribution in [1.82, 2.24) is 10.3 Å². The quantitative estimate of drug-likeness (QED) is 0.381. The molecule has 0 heterocycles. The molecule has 1 aromatic rings. The molecular weight excluding hydrogens is 269 g/mol. The average Bonchev–Trinajstić information content (AvgIpc) is 2.27. The highest BCUT2D eigenvalue weighted by atomic mass is 32.2. The lowest BCUT2D eigenvalue weighted by Crippen LogP contribution is -2.33. The second-order valence-electron chi connectivity index (χ2n) is 3.28. The van der Waals surface area contributed by atoms with Gasteiger partial charge < -0.3 is 11.5 Å². The van der Waals surface area contributed by atoms with Gasteiger partial charge in [0, 0.05) is 11.4 Å². The largest absolute Gasteiger partial charge is 0.418 e. The number of halogens is 3. The summed E-state index contributed by atoms with van der Waals surface area (Å²) in [4.78, 5) is 14.0. The zero-order chi connectivity index (χ0) is 13.9. The van der Waals surface area contributed by atoms with Crippen LogP contribution in [0.4, 0.5) is 24.5 Å². The summed E-state index contributed by atoms with van der Waals surface area (Å²) in [5.41, 5.74) is 10.9. The number of nitrogens with one attached hydrogen (secondary N) is 2. The van der Waals surface area contributed by atoms with Crippen LogP contribution in [0.1, 0.15) is 15.9 Å². The third-order valence-electron chi connectivity index (χ3n) is 2.04. The molecular formula is C9H11F3N4OS. The second-order valence-corrected chi connectivity index (χ2v) is 3.90. The Kier molecular flexibility index (Phi) is 4.30. The van der Waals surface area contributed by atoms with E-state index in [0.717, 1.165) is 18.0 Å². The zero-order valence-corrected chi connectivity index (χ0v) is 10.1. The van der Waals surface area contributed by atoms with Gasteiger partial charge in [-0.25, -0.2) is 0 Å². The number of hydrazine groups is 1. The van der Waals surface area contributed by atoms with Gasteiger partial charge in [-0.15, -0.1) is 0 Å². The molecule has 1 amide bonds. The van der Waals surface area contributed by atoms with Crippen LogP contribution in [0, 0.1) is 0 Å². The maximum Gasteiger partial charge on any atom is 0.418 e. The van der Waals surface area contributed by atoms with Crippen LogP contribution in [0.5, 0.6) is 0 Å². The van der Waals surface area contributed by atoms with Crippen LogP contribution in [0.3, 0.4) is 0 Å². The van der Waals surface area contributed by atoms with Gasteiger partial charge >= 0.3 is 6.18 Å². The first-order valence-corrected chi connectivity index (χ1v) is 5.84. The Morgan fingerprint density at radius 1 is 1.28 bits per heavy atom. The van der Waals surface area contributed by atoms with E-state index in [1.165, 1.54) is 0 Å². The fraction of sp³-hybridized carbons (Fsp3) is 0.222. The van der Waals surface area contributed by atoms with Crippen molar-refractivity contribution >= 4 is 29.2 Å². The van der Waals surface area contributed by atoms with Crippen molar-refractivity contribution in [3.8, 4) is 0 Å². The van der Waals surface area contributed by atoms with Crippen molar-refractivity contribution in [3.63, 3.8) is 0 Å². The van der Waals surface area contributed by atoms with Gasteiger partial charge in [-0.3, -0.25) is 10.2 Å². The van der Waals surface area contributed by atoms with E-state index in [2.05, 4.69) is 10.3 Å². The molecule has 5 nitrogen and oxygen atoms in total. The molecule has 9 heteroatoms. The van der Waals surface area contributed by atoms with Gasteiger partial charge in [0.2, 0.25) is 0 Å². The molecule has 0 aromatic heterocycles. The van der Waals surface area contributed by atoms with Crippen LogP contribution in [0.15, 0.2) is 12.1 Å². The monoisotopic (exact) mass is 280 g/mol. The highest BCUT2D eigenvalue weighted by molar-refractivity contribution is 7.96. The van der Waals surface area contributed by atoms with Gasteiger partial charge in [0.15, 0.2) is 0 Å². The van der Waals surface area contributed by atoms with E-state index in [1.807, 2.05) is 0 Å². The Labute approximate surface area is 105 Å². The van der Waals surface area contributed by atoms with Gasteiger partial charge in [-0.1, -0.05) is 11.9 Å². The zero-order valence-electron chi connectivity index (χ0n) is 9.26. The number of carbonyl (C=O) groups is 1. The summed E-state index contributed by atoms with van der Waals surface area (Å²) >= 11 is 1.11. The maximum absolute atomic E-state index is 12.5. The van der Waals surface area contributed by atoms with E-state index >= 15 is 0 Å².